The van der Waals surface area contributed by atoms with Crippen molar-refractivity contribution in [1.82, 2.24) is 9.55 Å². The van der Waals surface area contributed by atoms with Gasteiger partial charge in [0.05, 0.1) is 15.8 Å². The number of aromatic hydroxyl groups is 1. The Morgan fingerprint density at radius 1 is 1.35 bits per heavy atom. The monoisotopic (exact) mass is 287 g/mol. The molecule has 0 amide bonds. The summed E-state index contributed by atoms with van der Waals surface area (Å²) in [5.41, 5.74) is 7.76. The van der Waals surface area contributed by atoms with Crippen LogP contribution >= 0.6 is 11.3 Å². The summed E-state index contributed by atoms with van der Waals surface area (Å²) >= 11 is 1.55. The Morgan fingerprint density at radius 3 is 2.90 bits per heavy atom. The first kappa shape index (κ1) is 13.0. The number of unbranched alkanes of at least 4 members (excludes halogenated alkanes) is 1. The summed E-state index contributed by atoms with van der Waals surface area (Å²) in [5, 5.41) is 10.9. The lowest BCUT2D eigenvalue weighted by atomic mass is 10.3. The molecule has 2 heterocycles. The van der Waals surface area contributed by atoms with Crippen LogP contribution in [0.15, 0.2) is 30.5 Å². The zero-order chi connectivity index (χ0) is 14.1. The molecular weight excluding hydrogens is 270 g/mol. The molecular formula is C15H17N3OS. The van der Waals surface area contributed by atoms with E-state index in [9.17, 15) is 5.11 Å². The van der Waals surface area contributed by atoms with Crippen molar-refractivity contribution in [2.24, 2.45) is 0 Å². The summed E-state index contributed by atoms with van der Waals surface area (Å²) in [6.07, 6.45) is 3.83. The number of anilines is 1. The minimum atomic E-state index is 0.206. The largest absolute Gasteiger partial charge is 0.506 e. The van der Waals surface area contributed by atoms with Crippen LogP contribution in [0.1, 0.15) is 19.8 Å². The van der Waals surface area contributed by atoms with Gasteiger partial charge in [0.15, 0.2) is 0 Å². The lowest BCUT2D eigenvalue weighted by Gasteiger charge is -2.04. The van der Waals surface area contributed by atoms with Gasteiger partial charge in [-0.3, -0.25) is 0 Å². The predicted octanol–water partition coefficient (Wildman–Crippen LogP) is 3.85. The molecule has 104 valence electrons. The fraction of sp³-hybridized carbons (Fsp3) is 0.267. The molecule has 0 fully saturated rings. The number of fused-ring (bicyclic) bond motifs is 1. The molecule has 0 radical (unpaired) electrons. The van der Waals surface area contributed by atoms with Crippen LogP contribution in [0.3, 0.4) is 0 Å². The van der Waals surface area contributed by atoms with E-state index in [1.807, 2.05) is 28.8 Å². The Labute approximate surface area is 121 Å². The van der Waals surface area contributed by atoms with E-state index in [2.05, 4.69) is 11.9 Å². The molecule has 0 spiro atoms. The molecule has 3 N–H and O–H groups in total. The highest BCUT2D eigenvalue weighted by molar-refractivity contribution is 7.21. The van der Waals surface area contributed by atoms with Crippen LogP contribution in [0.25, 0.3) is 20.8 Å². The molecule has 1 aromatic carbocycles. The lowest BCUT2D eigenvalue weighted by Crippen LogP contribution is -2.01. The van der Waals surface area contributed by atoms with E-state index in [0.717, 1.165) is 34.6 Å². The first-order valence-electron chi connectivity index (χ1n) is 6.74. The second-order valence-corrected chi connectivity index (χ2v) is 5.84. The Hall–Kier alpha value is -2.01. The predicted molar refractivity (Wildman–Crippen MR) is 84.0 cm³/mol. The molecule has 2 aromatic heterocycles. The quantitative estimate of drug-likeness (QED) is 0.766. The van der Waals surface area contributed by atoms with Gasteiger partial charge in [-0.1, -0.05) is 25.5 Å². The maximum absolute atomic E-state index is 10.2. The third-order valence-electron chi connectivity index (χ3n) is 3.36. The van der Waals surface area contributed by atoms with Gasteiger partial charge in [0.1, 0.15) is 16.6 Å². The van der Waals surface area contributed by atoms with Crippen molar-refractivity contribution >= 4 is 27.4 Å². The SMILES string of the molecule is CCCCn1cc(O)c(-c2nc3ccccc3s2)c1N. The summed E-state index contributed by atoms with van der Waals surface area (Å²) in [4.78, 5) is 4.56. The molecule has 0 atom stereocenters. The first-order valence-corrected chi connectivity index (χ1v) is 7.56. The molecule has 4 nitrogen and oxygen atoms in total. The fourth-order valence-electron chi connectivity index (χ4n) is 2.27. The average Bonchev–Trinajstić information content (AvgIpc) is 2.97. The number of benzene rings is 1. The number of rotatable bonds is 4. The van der Waals surface area contributed by atoms with Gasteiger partial charge in [-0.2, -0.15) is 0 Å². The van der Waals surface area contributed by atoms with E-state index in [-0.39, 0.29) is 5.75 Å². The van der Waals surface area contributed by atoms with E-state index in [4.69, 9.17) is 5.73 Å². The molecule has 5 heteroatoms. The number of thiazole rings is 1. The van der Waals surface area contributed by atoms with Gasteiger partial charge in [-0.25, -0.2) is 4.98 Å². The first-order chi connectivity index (χ1) is 9.70. The minimum absolute atomic E-state index is 0.206. The summed E-state index contributed by atoms with van der Waals surface area (Å²) in [6.45, 7) is 2.95. The molecule has 0 saturated carbocycles. The standard InChI is InChI=1S/C15H17N3OS/c1-2-3-8-18-9-11(19)13(14(18)16)15-17-10-6-4-5-7-12(10)20-15/h4-7,9,19H,2-3,8,16H2,1H3. The highest BCUT2D eigenvalue weighted by Crippen LogP contribution is 2.40. The van der Waals surface area contributed by atoms with Crippen LogP contribution in [0.2, 0.25) is 0 Å². The Balaban J connectivity index is 2.07. The maximum Gasteiger partial charge on any atom is 0.145 e. The number of hydrogen-bond acceptors (Lipinski definition) is 4. The van der Waals surface area contributed by atoms with Gasteiger partial charge in [-0.05, 0) is 18.6 Å². The molecule has 0 aliphatic heterocycles. The van der Waals surface area contributed by atoms with Crippen LogP contribution in [-0.4, -0.2) is 14.7 Å². The second-order valence-electron chi connectivity index (χ2n) is 4.81. The number of hydrogen-bond donors (Lipinski definition) is 2. The van der Waals surface area contributed by atoms with Gasteiger partial charge in [0.25, 0.3) is 0 Å². The molecule has 0 bridgehead atoms. The van der Waals surface area contributed by atoms with Crippen molar-refractivity contribution < 1.29 is 5.11 Å². The highest BCUT2D eigenvalue weighted by Gasteiger charge is 2.18. The van der Waals surface area contributed by atoms with Crippen molar-refractivity contribution in [3.8, 4) is 16.3 Å². The van der Waals surface area contributed by atoms with E-state index in [0.29, 0.717) is 11.4 Å². The number of nitrogens with zero attached hydrogens (tertiary/aromatic N) is 2. The fourth-order valence-corrected chi connectivity index (χ4v) is 3.30. The van der Waals surface area contributed by atoms with Crippen molar-refractivity contribution in [2.45, 2.75) is 26.3 Å². The van der Waals surface area contributed by atoms with Crippen molar-refractivity contribution in [3.63, 3.8) is 0 Å². The van der Waals surface area contributed by atoms with E-state index in [1.54, 1.807) is 17.5 Å². The zero-order valence-corrected chi connectivity index (χ0v) is 12.2. The molecule has 0 saturated heterocycles. The van der Waals surface area contributed by atoms with Crippen LogP contribution in [0.5, 0.6) is 5.75 Å². The van der Waals surface area contributed by atoms with E-state index < -0.39 is 0 Å². The van der Waals surface area contributed by atoms with Crippen LogP contribution < -0.4 is 5.73 Å². The number of aromatic nitrogens is 2. The number of para-hydroxylation sites is 1. The molecule has 0 unspecified atom stereocenters. The summed E-state index contributed by atoms with van der Waals surface area (Å²) in [7, 11) is 0. The molecule has 3 rings (SSSR count). The highest BCUT2D eigenvalue weighted by atomic mass is 32.1. The Morgan fingerprint density at radius 2 is 2.15 bits per heavy atom. The van der Waals surface area contributed by atoms with Crippen molar-refractivity contribution in [2.75, 3.05) is 5.73 Å². The van der Waals surface area contributed by atoms with Gasteiger partial charge in [-0.15, -0.1) is 11.3 Å². The van der Waals surface area contributed by atoms with E-state index >= 15 is 0 Å². The van der Waals surface area contributed by atoms with Gasteiger partial charge in [0, 0.05) is 12.7 Å². The number of aryl methyl sites for hydroxylation is 1. The second kappa shape index (κ2) is 5.17. The third kappa shape index (κ3) is 2.14. The normalized spacial score (nSPS) is 11.2. The van der Waals surface area contributed by atoms with Crippen LogP contribution in [0.4, 0.5) is 5.82 Å². The van der Waals surface area contributed by atoms with E-state index in [1.165, 1.54) is 0 Å². The maximum atomic E-state index is 10.2. The lowest BCUT2D eigenvalue weighted by molar-refractivity contribution is 0.474. The smallest absolute Gasteiger partial charge is 0.145 e. The summed E-state index contributed by atoms with van der Waals surface area (Å²) < 4.78 is 3.00. The Kier molecular flexibility index (Phi) is 3.36. The van der Waals surface area contributed by atoms with Crippen molar-refractivity contribution in [1.29, 1.82) is 0 Å². The number of nitrogens with two attached hydrogens (primary N) is 1. The van der Waals surface area contributed by atoms with Crippen molar-refractivity contribution in [3.05, 3.63) is 30.5 Å². The average molecular weight is 287 g/mol. The molecule has 0 aliphatic rings. The van der Waals surface area contributed by atoms with Gasteiger partial charge >= 0.3 is 0 Å². The minimum Gasteiger partial charge on any atom is -0.506 e. The molecule has 20 heavy (non-hydrogen) atoms. The Bertz CT molecular complexity index is 712. The molecule has 3 aromatic rings. The topological polar surface area (TPSA) is 64.1 Å². The van der Waals surface area contributed by atoms with Gasteiger partial charge in [0.2, 0.25) is 0 Å². The third-order valence-corrected chi connectivity index (χ3v) is 4.41. The summed E-state index contributed by atoms with van der Waals surface area (Å²) in [5.74, 6) is 0.799. The van der Waals surface area contributed by atoms with Crippen LogP contribution in [-0.2, 0) is 6.54 Å². The van der Waals surface area contributed by atoms with Gasteiger partial charge < -0.3 is 15.4 Å². The van der Waals surface area contributed by atoms with Crippen LogP contribution in [0, 0.1) is 0 Å². The zero-order valence-electron chi connectivity index (χ0n) is 11.3. The number of nitrogen functional groups attached to an aromatic ring is 1. The summed E-state index contributed by atoms with van der Waals surface area (Å²) in [6, 6.07) is 7.94. The molecule has 0 aliphatic carbocycles.